The van der Waals surface area contributed by atoms with Crippen molar-refractivity contribution in [2.45, 2.75) is 59.5 Å². The summed E-state index contributed by atoms with van der Waals surface area (Å²) in [5.41, 5.74) is 2.56. The molecule has 1 N–H and O–H groups in total. The average Bonchev–Trinajstić information content (AvgIpc) is 3.26. The molecule has 0 amide bonds. The Kier molecular flexibility index (Phi) is 5.41. The number of nitrogens with one attached hydrogen (secondary N) is 1. The number of pyridine rings is 1. The highest BCUT2D eigenvalue weighted by Crippen LogP contribution is 2.31. The number of nitrogens with zero attached hydrogens (tertiary/aromatic N) is 2. The van der Waals surface area contributed by atoms with Gasteiger partial charge in [0.15, 0.2) is 0 Å². The minimum absolute atomic E-state index is 0.519. The summed E-state index contributed by atoms with van der Waals surface area (Å²) in [5, 5.41) is 3.50. The standard InChI is InChI=1S/C17H29N3/c1-5-16-9-15(11-18-13(3)4)10-17(19-16)20(6-2)12-14-7-8-14/h9-10,13-14,18H,5-8,11-12H2,1-4H3. The molecule has 0 spiro atoms. The predicted octanol–water partition coefficient (Wildman–Crippen LogP) is 3.38. The first-order valence-electron chi connectivity index (χ1n) is 8.10. The van der Waals surface area contributed by atoms with Gasteiger partial charge in [-0.1, -0.05) is 20.8 Å². The first-order valence-corrected chi connectivity index (χ1v) is 8.10. The molecule has 1 aromatic rings. The lowest BCUT2D eigenvalue weighted by Crippen LogP contribution is -2.27. The SMILES string of the molecule is CCc1cc(CNC(C)C)cc(N(CC)CC2CC2)n1. The Labute approximate surface area is 123 Å². The zero-order valence-corrected chi connectivity index (χ0v) is 13.4. The van der Waals surface area contributed by atoms with Crippen LogP contribution < -0.4 is 10.2 Å². The van der Waals surface area contributed by atoms with Gasteiger partial charge in [-0.15, -0.1) is 0 Å². The van der Waals surface area contributed by atoms with E-state index >= 15 is 0 Å². The zero-order valence-electron chi connectivity index (χ0n) is 13.4. The van der Waals surface area contributed by atoms with Crippen LogP contribution in [-0.4, -0.2) is 24.1 Å². The average molecular weight is 275 g/mol. The zero-order chi connectivity index (χ0) is 14.5. The summed E-state index contributed by atoms with van der Waals surface area (Å²) in [4.78, 5) is 7.27. The van der Waals surface area contributed by atoms with Gasteiger partial charge in [0.05, 0.1) is 0 Å². The van der Waals surface area contributed by atoms with Gasteiger partial charge in [-0.3, -0.25) is 0 Å². The van der Waals surface area contributed by atoms with Crippen LogP contribution >= 0.6 is 0 Å². The van der Waals surface area contributed by atoms with Gasteiger partial charge < -0.3 is 10.2 Å². The Morgan fingerprint density at radius 1 is 1.30 bits per heavy atom. The second kappa shape index (κ2) is 7.07. The third-order valence-corrected chi connectivity index (χ3v) is 3.88. The van der Waals surface area contributed by atoms with Crippen molar-refractivity contribution >= 4 is 5.82 Å². The summed E-state index contributed by atoms with van der Waals surface area (Å²) in [6.07, 6.45) is 3.79. The van der Waals surface area contributed by atoms with E-state index in [-0.39, 0.29) is 0 Å². The van der Waals surface area contributed by atoms with E-state index in [9.17, 15) is 0 Å². The van der Waals surface area contributed by atoms with Crippen molar-refractivity contribution in [3.8, 4) is 0 Å². The molecule has 112 valence electrons. The maximum atomic E-state index is 4.83. The van der Waals surface area contributed by atoms with Crippen LogP contribution in [0.25, 0.3) is 0 Å². The summed E-state index contributed by atoms with van der Waals surface area (Å²) in [6.45, 7) is 11.9. The second-order valence-corrected chi connectivity index (χ2v) is 6.20. The second-order valence-electron chi connectivity index (χ2n) is 6.20. The van der Waals surface area contributed by atoms with Crippen LogP contribution in [0.15, 0.2) is 12.1 Å². The summed E-state index contributed by atoms with van der Waals surface area (Å²) in [7, 11) is 0. The van der Waals surface area contributed by atoms with Gasteiger partial charge in [0, 0.05) is 31.4 Å². The highest BCUT2D eigenvalue weighted by molar-refractivity contribution is 5.43. The number of hydrogen-bond donors (Lipinski definition) is 1. The lowest BCUT2D eigenvalue weighted by atomic mass is 10.1. The number of anilines is 1. The minimum Gasteiger partial charge on any atom is -0.357 e. The van der Waals surface area contributed by atoms with E-state index in [1.807, 2.05) is 0 Å². The smallest absolute Gasteiger partial charge is 0.129 e. The minimum atomic E-state index is 0.519. The Morgan fingerprint density at radius 3 is 2.60 bits per heavy atom. The van der Waals surface area contributed by atoms with Gasteiger partial charge in [-0.2, -0.15) is 0 Å². The Hall–Kier alpha value is -1.09. The van der Waals surface area contributed by atoms with Crippen molar-refractivity contribution in [2.24, 2.45) is 5.92 Å². The maximum Gasteiger partial charge on any atom is 0.129 e. The fourth-order valence-corrected chi connectivity index (χ4v) is 2.40. The molecule has 0 unspecified atom stereocenters. The molecule has 20 heavy (non-hydrogen) atoms. The van der Waals surface area contributed by atoms with Gasteiger partial charge in [0.2, 0.25) is 0 Å². The number of aromatic nitrogens is 1. The number of rotatable bonds is 8. The van der Waals surface area contributed by atoms with Crippen molar-refractivity contribution in [3.05, 3.63) is 23.4 Å². The molecule has 1 aromatic heterocycles. The van der Waals surface area contributed by atoms with Crippen LogP contribution in [0.1, 0.15) is 51.8 Å². The van der Waals surface area contributed by atoms with Crippen LogP contribution in [0.4, 0.5) is 5.82 Å². The molecule has 0 aromatic carbocycles. The topological polar surface area (TPSA) is 28.2 Å². The number of hydrogen-bond acceptors (Lipinski definition) is 3. The van der Waals surface area contributed by atoms with Crippen molar-refractivity contribution in [1.82, 2.24) is 10.3 Å². The maximum absolute atomic E-state index is 4.83. The molecule has 0 saturated heterocycles. The Bertz CT molecular complexity index is 424. The molecule has 2 rings (SSSR count). The predicted molar refractivity (Wildman–Crippen MR) is 86.2 cm³/mol. The van der Waals surface area contributed by atoms with Crippen molar-refractivity contribution < 1.29 is 0 Å². The van der Waals surface area contributed by atoms with E-state index < -0.39 is 0 Å². The molecule has 1 aliphatic rings. The van der Waals surface area contributed by atoms with Crippen LogP contribution in [-0.2, 0) is 13.0 Å². The molecule has 3 heteroatoms. The summed E-state index contributed by atoms with van der Waals surface area (Å²) in [5.74, 6) is 2.07. The summed E-state index contributed by atoms with van der Waals surface area (Å²) in [6, 6.07) is 5.02. The first kappa shape index (κ1) is 15.3. The van der Waals surface area contributed by atoms with Crippen molar-refractivity contribution in [2.75, 3.05) is 18.0 Å². The molecule has 3 nitrogen and oxygen atoms in total. The van der Waals surface area contributed by atoms with Crippen molar-refractivity contribution in [3.63, 3.8) is 0 Å². The molecule has 0 bridgehead atoms. The van der Waals surface area contributed by atoms with E-state index in [0.29, 0.717) is 6.04 Å². The lowest BCUT2D eigenvalue weighted by molar-refractivity contribution is 0.587. The van der Waals surface area contributed by atoms with Crippen LogP contribution in [0.2, 0.25) is 0 Å². The molecule has 0 aliphatic heterocycles. The summed E-state index contributed by atoms with van der Waals surface area (Å²) < 4.78 is 0. The van der Waals surface area contributed by atoms with E-state index in [0.717, 1.165) is 25.4 Å². The highest BCUT2D eigenvalue weighted by Gasteiger charge is 2.24. The molecular weight excluding hydrogens is 246 g/mol. The third-order valence-electron chi connectivity index (χ3n) is 3.88. The Morgan fingerprint density at radius 2 is 2.05 bits per heavy atom. The Balaban J connectivity index is 2.14. The van der Waals surface area contributed by atoms with Gasteiger partial charge in [-0.25, -0.2) is 4.98 Å². The lowest BCUT2D eigenvalue weighted by Gasteiger charge is -2.23. The quantitative estimate of drug-likeness (QED) is 0.788. The largest absolute Gasteiger partial charge is 0.357 e. The van der Waals surface area contributed by atoms with E-state index in [2.05, 4.69) is 50.0 Å². The number of aryl methyl sites for hydroxylation is 1. The highest BCUT2D eigenvalue weighted by atomic mass is 15.2. The van der Waals surface area contributed by atoms with E-state index in [1.54, 1.807) is 0 Å². The fourth-order valence-electron chi connectivity index (χ4n) is 2.40. The van der Waals surface area contributed by atoms with Crippen LogP contribution in [0.5, 0.6) is 0 Å². The molecule has 1 fully saturated rings. The molecule has 1 heterocycles. The molecule has 1 aliphatic carbocycles. The molecule has 0 radical (unpaired) electrons. The van der Waals surface area contributed by atoms with E-state index in [1.165, 1.54) is 36.5 Å². The van der Waals surface area contributed by atoms with Gasteiger partial charge in [-0.05, 0) is 49.8 Å². The molecule has 1 saturated carbocycles. The fraction of sp³-hybridized carbons (Fsp3) is 0.706. The normalized spacial score (nSPS) is 14.8. The van der Waals surface area contributed by atoms with Crippen LogP contribution in [0.3, 0.4) is 0 Å². The first-order chi connectivity index (χ1) is 9.62. The van der Waals surface area contributed by atoms with Crippen LogP contribution in [0, 0.1) is 5.92 Å². The van der Waals surface area contributed by atoms with Gasteiger partial charge in [0.25, 0.3) is 0 Å². The third kappa shape index (κ3) is 4.48. The van der Waals surface area contributed by atoms with Crippen molar-refractivity contribution in [1.29, 1.82) is 0 Å². The summed E-state index contributed by atoms with van der Waals surface area (Å²) >= 11 is 0. The van der Waals surface area contributed by atoms with Gasteiger partial charge in [0.1, 0.15) is 5.82 Å². The van der Waals surface area contributed by atoms with Gasteiger partial charge >= 0.3 is 0 Å². The van der Waals surface area contributed by atoms with E-state index in [4.69, 9.17) is 4.98 Å². The monoisotopic (exact) mass is 275 g/mol. The molecular formula is C17H29N3. The molecule has 0 atom stereocenters.